The number of anilines is 1. The van der Waals surface area contributed by atoms with E-state index in [0.29, 0.717) is 33.7 Å². The summed E-state index contributed by atoms with van der Waals surface area (Å²) in [6, 6.07) is 11.4. The van der Waals surface area contributed by atoms with Crippen LogP contribution in [0.1, 0.15) is 5.56 Å². The Bertz CT molecular complexity index is 943. The third kappa shape index (κ3) is 3.29. The number of nitrogens with zero attached hydrogens (tertiary/aromatic N) is 1. The highest BCUT2D eigenvalue weighted by molar-refractivity contribution is 7.71. The van der Waals surface area contributed by atoms with Crippen LogP contribution in [0.25, 0.3) is 10.9 Å². The topological polar surface area (TPSA) is 59.2 Å². The fourth-order valence-electron chi connectivity index (χ4n) is 2.44. The largest absolute Gasteiger partial charge is 0.493 e. The van der Waals surface area contributed by atoms with E-state index < -0.39 is 0 Å². The van der Waals surface area contributed by atoms with Crippen LogP contribution in [-0.2, 0) is 6.54 Å². The summed E-state index contributed by atoms with van der Waals surface area (Å²) in [7, 11) is 3.19. The Morgan fingerprint density at radius 2 is 1.88 bits per heavy atom. The summed E-state index contributed by atoms with van der Waals surface area (Å²) >= 11 is 11.4. The van der Waals surface area contributed by atoms with E-state index in [4.69, 9.17) is 33.3 Å². The van der Waals surface area contributed by atoms with Crippen molar-refractivity contribution in [3.05, 3.63) is 51.8 Å². The van der Waals surface area contributed by atoms with Crippen LogP contribution in [0.15, 0.2) is 36.4 Å². The van der Waals surface area contributed by atoms with Crippen LogP contribution in [0.4, 0.5) is 5.82 Å². The summed E-state index contributed by atoms with van der Waals surface area (Å²) in [4.78, 5) is 7.45. The zero-order chi connectivity index (χ0) is 17.1. The number of benzene rings is 2. The molecule has 0 aliphatic rings. The molecule has 3 aromatic rings. The van der Waals surface area contributed by atoms with E-state index in [1.807, 2.05) is 36.4 Å². The van der Waals surface area contributed by atoms with Crippen molar-refractivity contribution in [1.82, 2.24) is 9.97 Å². The number of ether oxygens (including phenoxy) is 2. The molecule has 1 aromatic heterocycles. The van der Waals surface area contributed by atoms with Crippen molar-refractivity contribution in [2.45, 2.75) is 6.54 Å². The van der Waals surface area contributed by atoms with Gasteiger partial charge in [0.15, 0.2) is 16.3 Å². The molecule has 2 N–H and O–H groups in total. The first-order chi connectivity index (χ1) is 11.6. The smallest absolute Gasteiger partial charge is 0.199 e. The highest BCUT2D eigenvalue weighted by Gasteiger charge is 2.11. The molecule has 0 aliphatic carbocycles. The van der Waals surface area contributed by atoms with Crippen molar-refractivity contribution in [2.24, 2.45) is 0 Å². The van der Waals surface area contributed by atoms with Gasteiger partial charge in [-0.2, -0.15) is 0 Å². The molecule has 0 aliphatic heterocycles. The first kappa shape index (κ1) is 16.5. The van der Waals surface area contributed by atoms with Gasteiger partial charge in [0.2, 0.25) is 0 Å². The van der Waals surface area contributed by atoms with E-state index in [2.05, 4.69) is 15.3 Å². The molecule has 0 fully saturated rings. The lowest BCUT2D eigenvalue weighted by atomic mass is 10.2. The summed E-state index contributed by atoms with van der Waals surface area (Å²) in [6.45, 7) is 0.537. The number of hydrogen-bond acceptors (Lipinski definition) is 5. The highest BCUT2D eigenvalue weighted by atomic mass is 35.5. The fourth-order valence-corrected chi connectivity index (χ4v) is 2.84. The third-order valence-corrected chi connectivity index (χ3v) is 4.20. The van der Waals surface area contributed by atoms with Crippen molar-refractivity contribution in [1.29, 1.82) is 0 Å². The van der Waals surface area contributed by atoms with Crippen molar-refractivity contribution in [2.75, 3.05) is 19.5 Å². The van der Waals surface area contributed by atoms with E-state index in [1.54, 1.807) is 14.2 Å². The van der Waals surface area contributed by atoms with Gasteiger partial charge in [-0.3, -0.25) is 0 Å². The van der Waals surface area contributed by atoms with Crippen molar-refractivity contribution < 1.29 is 9.47 Å². The standard InChI is InChI=1S/C17H16ClN3O2S/c1-22-14-7-11-13(8-15(14)23-2)20-17(24)21-16(11)19-9-10-5-3-4-6-12(10)18/h3-8H,9H2,1-2H3,(H2,19,20,21,24). The Hall–Kier alpha value is -2.31. The number of hydrogen-bond donors (Lipinski definition) is 2. The summed E-state index contributed by atoms with van der Waals surface area (Å²) < 4.78 is 11.1. The van der Waals surface area contributed by atoms with Crippen LogP contribution in [-0.4, -0.2) is 24.2 Å². The molecule has 3 rings (SSSR count). The minimum absolute atomic E-state index is 0.386. The number of methoxy groups -OCH3 is 2. The molecule has 5 nitrogen and oxygen atoms in total. The van der Waals surface area contributed by atoms with Crippen LogP contribution < -0.4 is 14.8 Å². The maximum Gasteiger partial charge on any atom is 0.199 e. The lowest BCUT2D eigenvalue weighted by Gasteiger charge is -2.13. The molecule has 0 amide bonds. The molecule has 124 valence electrons. The second kappa shape index (κ2) is 7.07. The van der Waals surface area contributed by atoms with E-state index in [-0.39, 0.29) is 0 Å². The molecule has 24 heavy (non-hydrogen) atoms. The van der Waals surface area contributed by atoms with Gasteiger partial charge in [0, 0.05) is 23.0 Å². The second-order valence-corrected chi connectivity index (χ2v) is 5.88. The molecule has 0 spiro atoms. The number of rotatable bonds is 5. The normalized spacial score (nSPS) is 10.6. The molecule has 0 unspecified atom stereocenters. The fraction of sp³-hybridized carbons (Fsp3) is 0.176. The number of aromatic nitrogens is 2. The lowest BCUT2D eigenvalue weighted by molar-refractivity contribution is 0.356. The van der Waals surface area contributed by atoms with Gasteiger partial charge in [0.25, 0.3) is 0 Å². The highest BCUT2D eigenvalue weighted by Crippen LogP contribution is 2.34. The second-order valence-electron chi connectivity index (χ2n) is 5.09. The molecular formula is C17H16ClN3O2S. The average molecular weight is 362 g/mol. The predicted molar refractivity (Wildman–Crippen MR) is 98.8 cm³/mol. The Morgan fingerprint density at radius 1 is 1.17 bits per heavy atom. The molecule has 0 radical (unpaired) electrons. The van der Waals surface area contributed by atoms with Crippen molar-refractivity contribution >= 4 is 40.5 Å². The van der Waals surface area contributed by atoms with E-state index in [9.17, 15) is 0 Å². The van der Waals surface area contributed by atoms with Gasteiger partial charge in [-0.1, -0.05) is 29.8 Å². The maximum atomic E-state index is 6.20. The third-order valence-electron chi connectivity index (χ3n) is 3.64. The number of halogens is 1. The van der Waals surface area contributed by atoms with Crippen molar-refractivity contribution in [3.8, 4) is 11.5 Å². The number of aromatic amines is 1. The Morgan fingerprint density at radius 3 is 2.58 bits per heavy atom. The Balaban J connectivity index is 2.03. The first-order valence-electron chi connectivity index (χ1n) is 7.25. The van der Waals surface area contributed by atoms with Crippen LogP contribution in [0, 0.1) is 4.77 Å². The van der Waals surface area contributed by atoms with Gasteiger partial charge in [-0.15, -0.1) is 0 Å². The molecule has 1 heterocycles. The summed E-state index contributed by atoms with van der Waals surface area (Å²) in [5, 5.41) is 4.85. The van der Waals surface area contributed by atoms with E-state index in [0.717, 1.165) is 16.5 Å². The van der Waals surface area contributed by atoms with Gasteiger partial charge in [-0.25, -0.2) is 4.98 Å². The number of nitrogens with one attached hydrogen (secondary N) is 2. The number of H-pyrrole nitrogens is 1. The average Bonchev–Trinajstić information content (AvgIpc) is 2.59. The lowest BCUT2D eigenvalue weighted by Crippen LogP contribution is -2.04. The molecule has 0 saturated heterocycles. The monoisotopic (exact) mass is 361 g/mol. The molecule has 0 saturated carbocycles. The molecule has 2 aromatic carbocycles. The van der Waals surface area contributed by atoms with Crippen LogP contribution in [0.3, 0.4) is 0 Å². The Kier molecular flexibility index (Phi) is 4.87. The first-order valence-corrected chi connectivity index (χ1v) is 8.04. The van der Waals surface area contributed by atoms with E-state index in [1.165, 1.54) is 0 Å². The summed E-state index contributed by atoms with van der Waals surface area (Å²) in [6.07, 6.45) is 0. The van der Waals surface area contributed by atoms with Crippen molar-refractivity contribution in [3.63, 3.8) is 0 Å². The zero-order valence-electron chi connectivity index (χ0n) is 13.2. The number of fused-ring (bicyclic) bond motifs is 1. The molecule has 0 atom stereocenters. The van der Waals surface area contributed by atoms with Gasteiger partial charge >= 0.3 is 0 Å². The van der Waals surface area contributed by atoms with E-state index >= 15 is 0 Å². The zero-order valence-corrected chi connectivity index (χ0v) is 14.8. The minimum atomic E-state index is 0.386. The summed E-state index contributed by atoms with van der Waals surface area (Å²) in [5.41, 5.74) is 1.79. The maximum absolute atomic E-state index is 6.20. The quantitative estimate of drug-likeness (QED) is 0.651. The van der Waals surface area contributed by atoms with Crippen LogP contribution in [0.2, 0.25) is 5.02 Å². The SMILES string of the molecule is COc1cc2[nH]c(=S)nc(NCc3ccccc3Cl)c2cc1OC. The molecular weight excluding hydrogens is 346 g/mol. The van der Waals surface area contributed by atoms with Gasteiger partial charge in [0.1, 0.15) is 5.82 Å². The predicted octanol–water partition coefficient (Wildman–Crippen LogP) is 4.58. The minimum Gasteiger partial charge on any atom is -0.493 e. The van der Waals surface area contributed by atoms with Gasteiger partial charge < -0.3 is 19.8 Å². The van der Waals surface area contributed by atoms with Gasteiger partial charge in [0.05, 0.1) is 19.7 Å². The molecule has 0 bridgehead atoms. The molecule has 7 heteroatoms. The van der Waals surface area contributed by atoms with Crippen LogP contribution >= 0.6 is 23.8 Å². The Labute approximate surface area is 149 Å². The van der Waals surface area contributed by atoms with Gasteiger partial charge in [-0.05, 0) is 29.9 Å². The van der Waals surface area contributed by atoms with Crippen LogP contribution in [0.5, 0.6) is 11.5 Å². The summed E-state index contributed by atoms with van der Waals surface area (Å²) in [5.74, 6) is 1.91.